The minimum Gasteiger partial charge on any atom is -0.609 e. The van der Waals surface area contributed by atoms with Crippen LogP contribution in [0.25, 0.3) is 11.0 Å². The Bertz CT molecular complexity index is 1490. The van der Waals surface area contributed by atoms with Crippen molar-refractivity contribution in [2.45, 2.75) is 116 Å². The van der Waals surface area contributed by atoms with E-state index in [0.29, 0.717) is 43.6 Å². The van der Waals surface area contributed by atoms with Gasteiger partial charge in [0.25, 0.3) is 0 Å². The number of rotatable bonds is 4. The standard InChI is InChI=1S/C24H44BN2P2.C12H8BO4.H3N.Ni/c1-21(2,3)28(22(4,5)6)17-26-19-15-13-14-16-20(19)27(25-26)18-29(23(7,8)9)24(10,11)12;1-2-6-10-9(5-1)14-13(15-10)16-11-7-3-4-8-12(11)17-13;;/h13-16H,17-18H2,1-12H3;1-8H;1H3;/q+1;-1;;/p+2. The molecule has 3 aromatic carbocycles. The van der Waals surface area contributed by atoms with Crippen molar-refractivity contribution in [3.8, 4) is 23.0 Å². The molecule has 2 aliphatic heterocycles. The zero-order chi connectivity index (χ0) is 33.7. The molecule has 0 saturated heterocycles. The second-order valence-corrected chi connectivity index (χ2v) is 25.3. The molecular weight excluding hydrogens is 681 g/mol. The molecule has 0 atom stereocenters. The van der Waals surface area contributed by atoms with Crippen LogP contribution in [0.1, 0.15) is 83.1 Å². The van der Waals surface area contributed by atoms with E-state index in [2.05, 4.69) is 123 Å². The Morgan fingerprint density at radius 2 is 0.938 bits per heavy atom. The van der Waals surface area contributed by atoms with E-state index < -0.39 is 22.8 Å². The van der Waals surface area contributed by atoms with Gasteiger partial charge in [0, 0.05) is 16.5 Å². The van der Waals surface area contributed by atoms with Gasteiger partial charge in [-0.15, -0.1) is 0 Å². The van der Waals surface area contributed by atoms with E-state index in [1.54, 1.807) is 0 Å². The van der Waals surface area contributed by atoms with Crippen molar-refractivity contribution < 1.29 is 39.6 Å². The summed E-state index contributed by atoms with van der Waals surface area (Å²) in [6, 6.07) is 23.8. The fourth-order valence-electron chi connectivity index (χ4n) is 7.09. The second kappa shape index (κ2) is 14.6. The molecule has 0 bridgehead atoms. The molecule has 12 heteroatoms. The van der Waals surface area contributed by atoms with E-state index in [0.717, 1.165) is 12.6 Å². The largest absolute Gasteiger partial charge is 0.777 e. The third-order valence-corrected chi connectivity index (χ3v) is 17.4. The average molecular weight is 738 g/mol. The Kier molecular flexibility index (Phi) is 12.3. The molecule has 0 amide bonds. The van der Waals surface area contributed by atoms with E-state index in [4.69, 9.17) is 18.6 Å². The molecule has 7 nitrogen and oxygen atoms in total. The first kappa shape index (κ1) is 40.3. The summed E-state index contributed by atoms with van der Waals surface area (Å²) in [4.78, 5) is 0. The molecule has 1 spiro atoms. The first-order valence-corrected chi connectivity index (χ1v) is 20.0. The van der Waals surface area contributed by atoms with E-state index in [1.165, 1.54) is 11.0 Å². The molecule has 0 fully saturated rings. The summed E-state index contributed by atoms with van der Waals surface area (Å²) in [7, 11) is 1.18. The van der Waals surface area contributed by atoms with Crippen molar-refractivity contribution in [3.05, 3.63) is 72.8 Å². The fourth-order valence-corrected chi connectivity index (χ4v) is 14.7. The van der Waals surface area contributed by atoms with Crippen LogP contribution in [0.2, 0.25) is 0 Å². The number of aromatic nitrogens is 2. The van der Waals surface area contributed by atoms with Gasteiger partial charge in [-0.05, 0) is 24.3 Å². The van der Waals surface area contributed by atoms with Gasteiger partial charge in [0.2, 0.25) is 0 Å². The molecule has 1 aromatic heterocycles. The summed E-state index contributed by atoms with van der Waals surface area (Å²) in [5.41, 5.74) is 2.79. The van der Waals surface area contributed by atoms with Crippen LogP contribution >= 0.6 is 15.8 Å². The maximum absolute atomic E-state index is 5.63. The number of hydrogen-bond donors (Lipinski definition) is 1. The molecule has 264 valence electrons. The van der Waals surface area contributed by atoms with Crippen LogP contribution in [0.3, 0.4) is 0 Å². The number of hydrogen-bond acceptors (Lipinski definition) is 5. The number of benzene rings is 3. The van der Waals surface area contributed by atoms with Crippen molar-refractivity contribution in [2.75, 3.05) is 0 Å². The monoisotopic (exact) mass is 737 g/mol. The Labute approximate surface area is 302 Å². The third-order valence-electron chi connectivity index (χ3n) is 8.84. The van der Waals surface area contributed by atoms with Crippen LogP contribution in [0, 0.1) is 0 Å². The smallest absolute Gasteiger partial charge is 0.609 e. The van der Waals surface area contributed by atoms with E-state index in [1.807, 2.05) is 48.5 Å². The summed E-state index contributed by atoms with van der Waals surface area (Å²) in [6.45, 7) is 27.0. The summed E-state index contributed by atoms with van der Waals surface area (Å²) in [5.74, 6) is 2.56. The molecule has 4 aromatic rings. The molecule has 3 heterocycles. The van der Waals surface area contributed by atoms with Gasteiger partial charge < -0.3 is 24.8 Å². The molecule has 3 N–H and O–H groups in total. The van der Waals surface area contributed by atoms with Gasteiger partial charge in [0.15, 0.2) is 0 Å². The second-order valence-electron chi connectivity index (χ2n) is 16.8. The normalized spacial score (nSPS) is 14.8. The summed E-state index contributed by atoms with van der Waals surface area (Å²) >= 11 is 0. The van der Waals surface area contributed by atoms with Crippen molar-refractivity contribution in [3.63, 3.8) is 0 Å². The first-order valence-electron chi connectivity index (χ1n) is 16.5. The van der Waals surface area contributed by atoms with Crippen molar-refractivity contribution in [1.29, 1.82) is 0 Å². The van der Waals surface area contributed by atoms with Crippen LogP contribution in [-0.2, 0) is 29.1 Å². The Hall–Kier alpha value is -2.10. The molecule has 0 radical (unpaired) electrons. The maximum atomic E-state index is 5.63. The topological polar surface area (TPSA) is 80.7 Å². The Morgan fingerprint density at radius 3 is 1.31 bits per heavy atom. The van der Waals surface area contributed by atoms with Gasteiger partial charge in [-0.1, -0.05) is 24.3 Å². The maximum Gasteiger partial charge on any atom is 0.777 e. The Morgan fingerprint density at radius 1 is 0.583 bits per heavy atom. The molecular formula is C36H57B2N3NiO4P2+2. The minimum absolute atomic E-state index is 0. The number of para-hydroxylation sites is 6. The molecule has 0 saturated carbocycles. The van der Waals surface area contributed by atoms with Gasteiger partial charge in [-0.2, -0.15) is 0 Å². The van der Waals surface area contributed by atoms with E-state index >= 15 is 0 Å². The van der Waals surface area contributed by atoms with Crippen LogP contribution in [0.4, 0.5) is 0 Å². The third kappa shape index (κ3) is 8.97. The van der Waals surface area contributed by atoms with Crippen LogP contribution < -0.4 is 29.2 Å². The SMILES string of the molecule is CC(C)(C)[PH+](Cn1b[n+](C[PH+](C(C)(C)C)C(C)(C)C)c2ccccc21)C(C)(C)C.N.[Ni].c1ccc2c(c1)O[B-]1(O2)Oc2ccccc2O1. The zero-order valence-electron chi connectivity index (χ0n) is 31.0. The summed E-state index contributed by atoms with van der Waals surface area (Å²) < 4.78 is 27.7. The van der Waals surface area contributed by atoms with Crippen molar-refractivity contribution in [1.82, 2.24) is 10.6 Å². The van der Waals surface area contributed by atoms with Gasteiger partial charge in [0.05, 0.1) is 0 Å². The van der Waals surface area contributed by atoms with Gasteiger partial charge >= 0.3 is 191 Å². The molecule has 0 unspecified atom stereocenters. The fraction of sp³-hybridized carbons (Fsp3) is 0.500. The average Bonchev–Trinajstić information content (AvgIpc) is 3.59. The summed E-state index contributed by atoms with van der Waals surface area (Å²) in [5, 5.41) is 1.46. The minimum atomic E-state index is -2.21. The van der Waals surface area contributed by atoms with Gasteiger partial charge in [-0.25, -0.2) is 0 Å². The van der Waals surface area contributed by atoms with Gasteiger partial charge in [0.1, 0.15) is 23.0 Å². The molecule has 48 heavy (non-hydrogen) atoms. The van der Waals surface area contributed by atoms with E-state index in [-0.39, 0.29) is 22.6 Å². The summed E-state index contributed by atoms with van der Waals surface area (Å²) in [6.07, 6.45) is 2.33. The zero-order valence-corrected chi connectivity index (χ0v) is 34.0. The molecule has 0 aliphatic carbocycles. The van der Waals surface area contributed by atoms with Crippen LogP contribution in [0.5, 0.6) is 23.0 Å². The first-order chi connectivity index (χ1) is 21.3. The number of nitrogens with zero attached hydrogens (tertiary/aromatic N) is 2. The van der Waals surface area contributed by atoms with Crippen molar-refractivity contribution in [2.24, 2.45) is 0 Å². The van der Waals surface area contributed by atoms with E-state index in [9.17, 15) is 0 Å². The number of fused-ring (bicyclic) bond motifs is 3. The van der Waals surface area contributed by atoms with Gasteiger partial charge in [-0.3, -0.25) is 0 Å². The Balaban J connectivity index is 0.000000278. The predicted octanol–water partition coefficient (Wildman–Crippen LogP) is 9.33. The molecule has 2 aliphatic rings. The van der Waals surface area contributed by atoms with Crippen LogP contribution in [0.15, 0.2) is 72.8 Å². The van der Waals surface area contributed by atoms with Crippen LogP contribution in [-0.4, -0.2) is 39.3 Å². The molecule has 6 rings (SSSR count). The predicted molar refractivity (Wildman–Crippen MR) is 205 cm³/mol. The quantitative estimate of drug-likeness (QED) is 0.167. The van der Waals surface area contributed by atoms with Crippen molar-refractivity contribution >= 4 is 41.0 Å².